The number of ether oxygens (including phenoxy) is 1. The smallest absolute Gasteiger partial charge is 0.337 e. The zero-order chi connectivity index (χ0) is 41.0. The van der Waals surface area contributed by atoms with Crippen LogP contribution in [-0.4, -0.2) is 63.7 Å². The molecule has 4 aliphatic rings. The van der Waals surface area contributed by atoms with Crippen molar-refractivity contribution in [1.82, 2.24) is 10.2 Å². The molecular formula is C47H51Cl2N3O6. The predicted molar refractivity (Wildman–Crippen MR) is 225 cm³/mol. The molecule has 2 aliphatic carbocycles. The fourth-order valence-electron chi connectivity index (χ4n) is 10.9. The number of carbonyl (C=O) groups excluding carboxylic acids is 3. The Hall–Kier alpha value is -4.25. The van der Waals surface area contributed by atoms with Crippen LogP contribution in [0.3, 0.4) is 0 Å². The van der Waals surface area contributed by atoms with Gasteiger partial charge in [0.25, 0.3) is 0 Å². The number of hydrogen-bond donors (Lipinski definition) is 4. The van der Waals surface area contributed by atoms with Crippen molar-refractivity contribution in [3.8, 4) is 0 Å². The number of hydrogen-bond acceptors (Lipinski definition) is 7. The van der Waals surface area contributed by atoms with Gasteiger partial charge in [-0.05, 0) is 109 Å². The molecule has 0 unspecified atom stereocenters. The van der Waals surface area contributed by atoms with E-state index in [4.69, 9.17) is 27.9 Å². The second-order valence-electron chi connectivity index (χ2n) is 17.5. The van der Waals surface area contributed by atoms with Crippen LogP contribution in [-0.2, 0) is 19.7 Å². The van der Waals surface area contributed by atoms with Crippen molar-refractivity contribution in [1.29, 1.82) is 0 Å². The van der Waals surface area contributed by atoms with E-state index in [0.29, 0.717) is 65.9 Å². The van der Waals surface area contributed by atoms with Gasteiger partial charge in [0.15, 0.2) is 0 Å². The lowest BCUT2D eigenvalue weighted by Crippen LogP contribution is -2.64. The molecule has 2 aliphatic heterocycles. The Kier molecular flexibility index (Phi) is 11.0. The number of carbonyl (C=O) groups is 3. The molecular weight excluding hydrogens is 773 g/mol. The summed E-state index contributed by atoms with van der Waals surface area (Å²) in [4.78, 5) is 47.1. The number of aliphatic hydroxyl groups is 2. The molecule has 2 saturated carbocycles. The zero-order valence-electron chi connectivity index (χ0n) is 33.1. The van der Waals surface area contributed by atoms with Gasteiger partial charge in [-0.2, -0.15) is 0 Å². The van der Waals surface area contributed by atoms with Gasteiger partial charge in [-0.3, -0.25) is 14.5 Å². The highest BCUT2D eigenvalue weighted by Gasteiger charge is 2.77. The molecule has 2 spiro atoms. The average Bonchev–Trinajstić information content (AvgIpc) is 3.65. The van der Waals surface area contributed by atoms with E-state index in [9.17, 15) is 15.0 Å². The number of benzene rings is 4. The summed E-state index contributed by atoms with van der Waals surface area (Å²) in [6.07, 6.45) is 3.22. The number of halogens is 2. The second-order valence-corrected chi connectivity index (χ2v) is 18.3. The zero-order valence-corrected chi connectivity index (χ0v) is 34.6. The van der Waals surface area contributed by atoms with E-state index in [0.717, 1.165) is 18.4 Å². The van der Waals surface area contributed by atoms with Crippen LogP contribution in [0, 0.1) is 5.41 Å². The van der Waals surface area contributed by atoms with Gasteiger partial charge in [-0.1, -0.05) is 104 Å². The highest BCUT2D eigenvalue weighted by molar-refractivity contribution is 6.31. The normalized spacial score (nSPS) is 27.1. The number of esters is 1. The third-order valence-electron chi connectivity index (χ3n) is 13.6. The summed E-state index contributed by atoms with van der Waals surface area (Å²) < 4.78 is 5.20. The van der Waals surface area contributed by atoms with Crippen LogP contribution in [0.25, 0.3) is 0 Å². The molecule has 4 aromatic rings. The van der Waals surface area contributed by atoms with E-state index in [1.807, 2.05) is 66.7 Å². The molecule has 4 aromatic carbocycles. The van der Waals surface area contributed by atoms with Crippen LogP contribution in [0.5, 0.6) is 0 Å². The van der Waals surface area contributed by atoms with E-state index in [1.54, 1.807) is 24.3 Å². The molecule has 3 fully saturated rings. The first-order valence-electron chi connectivity index (χ1n) is 20.3. The Balaban J connectivity index is 1.48. The molecule has 9 nitrogen and oxygen atoms in total. The molecule has 5 atom stereocenters. The Morgan fingerprint density at radius 1 is 0.845 bits per heavy atom. The number of anilines is 1. The van der Waals surface area contributed by atoms with Crippen molar-refractivity contribution in [3.05, 3.63) is 135 Å². The minimum Gasteiger partial charge on any atom is -0.465 e. The van der Waals surface area contributed by atoms with Gasteiger partial charge in [0.05, 0.1) is 37.0 Å². The highest BCUT2D eigenvalue weighted by atomic mass is 35.5. The predicted octanol–water partition coefficient (Wildman–Crippen LogP) is 8.67. The van der Waals surface area contributed by atoms with Crippen LogP contribution in [0.15, 0.2) is 97.1 Å². The van der Waals surface area contributed by atoms with Crippen molar-refractivity contribution in [2.75, 3.05) is 12.4 Å². The lowest BCUT2D eigenvalue weighted by atomic mass is 9.53. The lowest BCUT2D eigenvalue weighted by molar-refractivity contribution is -0.137. The number of nitrogens with one attached hydrogen (secondary N) is 2. The first kappa shape index (κ1) is 40.5. The van der Waals surface area contributed by atoms with Crippen LogP contribution >= 0.6 is 23.2 Å². The molecule has 8 rings (SSSR count). The Bertz CT molecular complexity index is 2180. The third kappa shape index (κ3) is 6.82. The van der Waals surface area contributed by atoms with Crippen molar-refractivity contribution >= 4 is 46.7 Å². The maximum atomic E-state index is 15.8. The summed E-state index contributed by atoms with van der Waals surface area (Å²) in [6, 6.07) is 27.5. The summed E-state index contributed by atoms with van der Waals surface area (Å²) >= 11 is 13.6. The largest absolute Gasteiger partial charge is 0.465 e. The fraction of sp³-hybridized carbons (Fsp3) is 0.426. The standard InChI is InChI=1S/C47H51Cl2N3O6/c1-45(2)20-22-46(23-21-45)47(36-19-14-32(48)27-37(36)51-44(47)57)38(30-24-31(43(56)58-3)26-33(49)25-30)40(42(55)50-34-15-17-35(53)18-16-34)52(46)39(28-10-6-4-7-11-28)41(54)29-12-8-5-9-13-29/h4-14,19,24-27,34-35,38-41,53-54H,15-18,20-23H2,1-3H3,(H,50,55)(H,51,57)/t34?,35?,38-,39+,40+,41-,47+/m0/s1. The highest BCUT2D eigenvalue weighted by Crippen LogP contribution is 2.69. The van der Waals surface area contributed by atoms with Crippen molar-refractivity contribution in [2.45, 2.75) is 112 Å². The Morgan fingerprint density at radius 3 is 2.12 bits per heavy atom. The maximum Gasteiger partial charge on any atom is 0.337 e. The number of aliphatic hydroxyl groups excluding tert-OH is 2. The van der Waals surface area contributed by atoms with E-state index >= 15 is 9.59 Å². The van der Waals surface area contributed by atoms with Crippen LogP contribution < -0.4 is 10.6 Å². The lowest BCUT2D eigenvalue weighted by Gasteiger charge is -2.56. The molecule has 304 valence electrons. The first-order chi connectivity index (χ1) is 27.8. The van der Waals surface area contributed by atoms with Gasteiger partial charge in [0, 0.05) is 33.2 Å². The summed E-state index contributed by atoms with van der Waals surface area (Å²) in [6.45, 7) is 4.47. The van der Waals surface area contributed by atoms with Gasteiger partial charge in [-0.15, -0.1) is 0 Å². The number of rotatable bonds is 8. The summed E-state index contributed by atoms with van der Waals surface area (Å²) in [5.41, 5.74) is 0.823. The monoisotopic (exact) mass is 823 g/mol. The topological polar surface area (TPSA) is 128 Å². The number of amides is 2. The minimum atomic E-state index is -1.45. The third-order valence-corrected chi connectivity index (χ3v) is 14.1. The molecule has 2 amide bonds. The van der Waals surface area contributed by atoms with E-state index in [2.05, 4.69) is 29.4 Å². The maximum absolute atomic E-state index is 15.8. The van der Waals surface area contributed by atoms with Crippen molar-refractivity contribution in [2.24, 2.45) is 5.41 Å². The van der Waals surface area contributed by atoms with E-state index in [-0.39, 0.29) is 33.9 Å². The van der Waals surface area contributed by atoms with Gasteiger partial charge < -0.3 is 25.6 Å². The Morgan fingerprint density at radius 2 is 1.48 bits per heavy atom. The fourth-order valence-corrected chi connectivity index (χ4v) is 11.3. The summed E-state index contributed by atoms with van der Waals surface area (Å²) in [5.74, 6) is -2.12. The first-order valence-corrected chi connectivity index (χ1v) is 21.1. The minimum absolute atomic E-state index is 0.0802. The molecule has 58 heavy (non-hydrogen) atoms. The van der Waals surface area contributed by atoms with Gasteiger partial charge in [-0.25, -0.2) is 4.79 Å². The molecule has 4 N–H and O–H groups in total. The van der Waals surface area contributed by atoms with E-state index in [1.165, 1.54) is 13.2 Å². The summed E-state index contributed by atoms with van der Waals surface area (Å²) in [5, 5.41) is 30.7. The van der Waals surface area contributed by atoms with Gasteiger partial charge >= 0.3 is 5.97 Å². The van der Waals surface area contributed by atoms with Gasteiger partial charge in [0.1, 0.15) is 5.41 Å². The quantitative estimate of drug-likeness (QED) is 0.131. The average molecular weight is 825 g/mol. The number of fused-ring (bicyclic) bond motifs is 3. The number of nitrogens with zero attached hydrogens (tertiary/aromatic N) is 1. The molecule has 11 heteroatoms. The van der Waals surface area contributed by atoms with Crippen LogP contribution in [0.1, 0.15) is 116 Å². The molecule has 0 radical (unpaired) electrons. The summed E-state index contributed by atoms with van der Waals surface area (Å²) in [7, 11) is 1.30. The van der Waals surface area contributed by atoms with Crippen molar-refractivity contribution < 1.29 is 29.3 Å². The second kappa shape index (κ2) is 15.7. The molecule has 0 aromatic heterocycles. The van der Waals surface area contributed by atoms with Crippen LogP contribution in [0.4, 0.5) is 5.69 Å². The van der Waals surface area contributed by atoms with Crippen LogP contribution in [0.2, 0.25) is 10.0 Å². The SMILES string of the molecule is COC(=O)c1cc(Cl)cc([C@H]2[C@H](C(=O)NC3CCC(O)CC3)N([C@H](c3ccccc3)[C@@H](O)c3ccccc3)C3(CCC(C)(C)CC3)[C@@]23C(=O)Nc2cc(Cl)ccc23)c1. The van der Waals surface area contributed by atoms with Crippen molar-refractivity contribution in [3.63, 3.8) is 0 Å². The number of likely N-dealkylation sites (tertiary alicyclic amines) is 1. The molecule has 1 saturated heterocycles. The Labute approximate surface area is 350 Å². The number of methoxy groups -OCH3 is 1. The molecule has 0 bridgehead atoms. The van der Waals surface area contributed by atoms with Gasteiger partial charge in [0.2, 0.25) is 11.8 Å². The molecule has 2 heterocycles. The van der Waals surface area contributed by atoms with E-state index < -0.39 is 47.1 Å².